The zero-order valence-electron chi connectivity index (χ0n) is 11.1. The zero-order chi connectivity index (χ0) is 14.4. The zero-order valence-corrected chi connectivity index (χ0v) is 12.7. The molecule has 2 unspecified atom stereocenters. The van der Waals surface area contributed by atoms with Crippen LogP contribution in [-0.4, -0.2) is 44.1 Å². The second kappa shape index (κ2) is 8.05. The number of aliphatic hydroxyl groups is 1. The lowest BCUT2D eigenvalue weighted by Gasteiger charge is -2.15. The number of nitrogens with one attached hydrogen (secondary N) is 1. The lowest BCUT2D eigenvalue weighted by atomic mass is 10.1. The first-order chi connectivity index (χ1) is 9.65. The second-order valence-electron chi connectivity index (χ2n) is 4.93. The summed E-state index contributed by atoms with van der Waals surface area (Å²) in [7, 11) is 0. The molecule has 0 bridgehead atoms. The van der Waals surface area contributed by atoms with Crippen molar-refractivity contribution in [1.29, 1.82) is 0 Å². The Bertz CT molecular complexity index is 425. The van der Waals surface area contributed by atoms with Crippen molar-refractivity contribution in [3.8, 4) is 5.75 Å². The van der Waals surface area contributed by atoms with E-state index in [1.54, 1.807) is 18.2 Å². The number of hydrogen-bond acceptors (Lipinski definition) is 4. The Kier molecular flexibility index (Phi) is 6.39. The average molecular weight is 320 g/mol. The molecule has 1 fully saturated rings. The predicted octanol–water partition coefficient (Wildman–Crippen LogP) is 2.36. The van der Waals surface area contributed by atoms with Gasteiger partial charge in [-0.15, -0.1) is 0 Å². The van der Waals surface area contributed by atoms with E-state index in [0.29, 0.717) is 28.3 Å². The monoisotopic (exact) mass is 319 g/mol. The third-order valence-corrected chi connectivity index (χ3v) is 3.69. The molecule has 0 saturated carbocycles. The van der Waals surface area contributed by atoms with Gasteiger partial charge in [0.25, 0.3) is 0 Å². The van der Waals surface area contributed by atoms with Gasteiger partial charge in [-0.2, -0.15) is 0 Å². The molecular formula is C14H19Cl2NO3. The molecule has 1 aromatic rings. The van der Waals surface area contributed by atoms with E-state index < -0.39 is 6.10 Å². The topological polar surface area (TPSA) is 50.7 Å². The summed E-state index contributed by atoms with van der Waals surface area (Å²) in [5, 5.41) is 14.1. The normalized spacial score (nSPS) is 20.1. The number of halogens is 2. The fourth-order valence-electron chi connectivity index (χ4n) is 2.04. The Morgan fingerprint density at radius 2 is 2.30 bits per heavy atom. The molecule has 2 rings (SSSR count). The van der Waals surface area contributed by atoms with Crippen molar-refractivity contribution in [2.45, 2.75) is 12.5 Å². The molecule has 0 radical (unpaired) electrons. The first kappa shape index (κ1) is 15.9. The lowest BCUT2D eigenvalue weighted by molar-refractivity contribution is 0.105. The highest BCUT2D eigenvalue weighted by atomic mass is 35.5. The smallest absolute Gasteiger partial charge is 0.138 e. The molecule has 0 spiro atoms. The van der Waals surface area contributed by atoms with Crippen LogP contribution in [0.15, 0.2) is 18.2 Å². The van der Waals surface area contributed by atoms with Crippen LogP contribution in [0.5, 0.6) is 5.75 Å². The molecule has 4 nitrogen and oxygen atoms in total. The maximum Gasteiger partial charge on any atom is 0.138 e. The Morgan fingerprint density at radius 3 is 3.00 bits per heavy atom. The van der Waals surface area contributed by atoms with Crippen molar-refractivity contribution in [3.63, 3.8) is 0 Å². The Labute approximate surface area is 129 Å². The molecule has 0 amide bonds. The van der Waals surface area contributed by atoms with Gasteiger partial charge in [0.1, 0.15) is 18.5 Å². The van der Waals surface area contributed by atoms with Crippen LogP contribution < -0.4 is 10.1 Å². The summed E-state index contributed by atoms with van der Waals surface area (Å²) in [6.45, 7) is 3.18. The summed E-state index contributed by atoms with van der Waals surface area (Å²) >= 11 is 11.8. The quantitative estimate of drug-likeness (QED) is 0.810. The summed E-state index contributed by atoms with van der Waals surface area (Å²) in [4.78, 5) is 0. The van der Waals surface area contributed by atoms with Crippen LogP contribution in [0.1, 0.15) is 6.42 Å². The number of hydrogen-bond donors (Lipinski definition) is 2. The van der Waals surface area contributed by atoms with E-state index in [2.05, 4.69) is 5.32 Å². The Hall–Kier alpha value is -0.520. The van der Waals surface area contributed by atoms with Crippen molar-refractivity contribution in [3.05, 3.63) is 28.2 Å². The molecule has 1 heterocycles. The van der Waals surface area contributed by atoms with E-state index in [9.17, 15) is 5.11 Å². The molecule has 1 aliphatic heterocycles. The maximum atomic E-state index is 9.84. The van der Waals surface area contributed by atoms with Gasteiger partial charge in [-0.25, -0.2) is 0 Å². The van der Waals surface area contributed by atoms with Crippen molar-refractivity contribution in [2.75, 3.05) is 32.9 Å². The SMILES string of the molecule is OC(CNCC1CCOC1)COc1ccc(Cl)cc1Cl. The van der Waals surface area contributed by atoms with Crippen LogP contribution in [0.3, 0.4) is 0 Å². The molecule has 112 valence electrons. The summed E-state index contributed by atoms with van der Waals surface area (Å²) in [6, 6.07) is 5.01. The molecule has 2 N–H and O–H groups in total. The summed E-state index contributed by atoms with van der Waals surface area (Å²) in [5.41, 5.74) is 0. The third kappa shape index (κ3) is 5.11. The van der Waals surface area contributed by atoms with Crippen molar-refractivity contribution >= 4 is 23.2 Å². The highest BCUT2D eigenvalue weighted by Gasteiger charge is 2.15. The molecule has 0 aromatic heterocycles. The number of aliphatic hydroxyl groups excluding tert-OH is 1. The van der Waals surface area contributed by atoms with Gasteiger partial charge >= 0.3 is 0 Å². The fourth-order valence-corrected chi connectivity index (χ4v) is 2.50. The van der Waals surface area contributed by atoms with E-state index in [0.717, 1.165) is 26.2 Å². The van der Waals surface area contributed by atoms with E-state index >= 15 is 0 Å². The minimum Gasteiger partial charge on any atom is -0.489 e. The van der Waals surface area contributed by atoms with Crippen molar-refractivity contribution < 1.29 is 14.6 Å². The molecule has 20 heavy (non-hydrogen) atoms. The molecule has 1 aliphatic rings. The third-order valence-electron chi connectivity index (χ3n) is 3.16. The fraction of sp³-hybridized carbons (Fsp3) is 0.571. The number of benzene rings is 1. The maximum absolute atomic E-state index is 9.84. The van der Waals surface area contributed by atoms with Gasteiger partial charge < -0.3 is 19.9 Å². The Morgan fingerprint density at radius 1 is 1.45 bits per heavy atom. The van der Waals surface area contributed by atoms with Gasteiger partial charge in [0, 0.05) is 24.7 Å². The molecule has 6 heteroatoms. The molecule has 1 aromatic carbocycles. The van der Waals surface area contributed by atoms with Gasteiger partial charge in [-0.05, 0) is 30.5 Å². The minimum absolute atomic E-state index is 0.190. The van der Waals surface area contributed by atoms with Crippen LogP contribution >= 0.6 is 23.2 Å². The predicted molar refractivity (Wildman–Crippen MR) is 79.8 cm³/mol. The number of ether oxygens (including phenoxy) is 2. The first-order valence-electron chi connectivity index (χ1n) is 6.69. The van der Waals surface area contributed by atoms with Crippen molar-refractivity contribution in [1.82, 2.24) is 5.32 Å². The largest absolute Gasteiger partial charge is 0.489 e. The summed E-state index contributed by atoms with van der Waals surface area (Å²) in [5.74, 6) is 1.08. The van der Waals surface area contributed by atoms with Crippen LogP contribution in [0.4, 0.5) is 0 Å². The van der Waals surface area contributed by atoms with Gasteiger partial charge in [0.2, 0.25) is 0 Å². The summed E-state index contributed by atoms with van der Waals surface area (Å²) in [6.07, 6.45) is 0.504. The highest BCUT2D eigenvalue weighted by molar-refractivity contribution is 6.35. The molecular weight excluding hydrogens is 301 g/mol. The van der Waals surface area contributed by atoms with Gasteiger partial charge in [-0.1, -0.05) is 23.2 Å². The van der Waals surface area contributed by atoms with Crippen molar-refractivity contribution in [2.24, 2.45) is 5.92 Å². The molecule has 1 saturated heterocycles. The number of rotatable bonds is 7. The molecule has 0 aliphatic carbocycles. The average Bonchev–Trinajstić information content (AvgIpc) is 2.91. The first-order valence-corrected chi connectivity index (χ1v) is 7.45. The van der Waals surface area contributed by atoms with E-state index in [4.69, 9.17) is 32.7 Å². The molecule has 2 atom stereocenters. The minimum atomic E-state index is -0.580. The summed E-state index contributed by atoms with van der Waals surface area (Å²) < 4.78 is 10.8. The van der Waals surface area contributed by atoms with E-state index in [-0.39, 0.29) is 6.61 Å². The lowest BCUT2D eigenvalue weighted by Crippen LogP contribution is -2.34. The van der Waals surface area contributed by atoms with Crippen LogP contribution in [0.2, 0.25) is 10.0 Å². The van der Waals surface area contributed by atoms with E-state index in [1.165, 1.54) is 0 Å². The second-order valence-corrected chi connectivity index (χ2v) is 5.77. The van der Waals surface area contributed by atoms with Crippen LogP contribution in [0.25, 0.3) is 0 Å². The van der Waals surface area contributed by atoms with Crippen LogP contribution in [-0.2, 0) is 4.74 Å². The van der Waals surface area contributed by atoms with Gasteiger partial charge in [0.05, 0.1) is 11.6 Å². The van der Waals surface area contributed by atoms with Crippen LogP contribution in [0, 0.1) is 5.92 Å². The standard InChI is InChI=1S/C14H19Cl2NO3/c15-11-1-2-14(13(16)5-11)20-9-12(18)7-17-6-10-3-4-19-8-10/h1-2,5,10,12,17-18H,3-4,6-9H2. The van der Waals surface area contributed by atoms with Gasteiger partial charge in [-0.3, -0.25) is 0 Å². The highest BCUT2D eigenvalue weighted by Crippen LogP contribution is 2.27. The van der Waals surface area contributed by atoms with E-state index in [1.807, 2.05) is 0 Å². The Balaban J connectivity index is 1.65. The van der Waals surface area contributed by atoms with Gasteiger partial charge in [0.15, 0.2) is 0 Å².